The number of rotatable bonds is 4. The van der Waals surface area contributed by atoms with Crippen LogP contribution >= 0.6 is 0 Å². The van der Waals surface area contributed by atoms with Crippen molar-refractivity contribution >= 4 is 5.70 Å². The first-order valence-electron chi connectivity index (χ1n) is 6.82. The number of allylic oxidation sites excluding steroid dienone is 2. The number of nitrogens with zero attached hydrogens (tertiary/aromatic N) is 1. The summed E-state index contributed by atoms with van der Waals surface area (Å²) in [6, 6.07) is 9.38. The van der Waals surface area contributed by atoms with Gasteiger partial charge in [-0.1, -0.05) is 36.9 Å². The molecular weight excluding hydrogens is 272 g/mol. The van der Waals surface area contributed by atoms with Crippen LogP contribution in [0.1, 0.15) is 19.4 Å². The number of hydrogen-bond donors (Lipinski definition) is 1. The minimum atomic E-state index is -2.48. The van der Waals surface area contributed by atoms with Crippen molar-refractivity contribution in [2.75, 3.05) is 6.54 Å². The molecule has 0 amide bonds. The Morgan fingerprint density at radius 1 is 1.24 bits per heavy atom. The lowest BCUT2D eigenvalue weighted by Crippen LogP contribution is -2.32. The van der Waals surface area contributed by atoms with Crippen molar-refractivity contribution in [1.82, 2.24) is 4.90 Å². The zero-order valence-electron chi connectivity index (χ0n) is 12.2. The summed E-state index contributed by atoms with van der Waals surface area (Å²) in [4.78, 5) is 1.50. The first-order valence-corrected chi connectivity index (χ1v) is 6.82. The van der Waals surface area contributed by atoms with Crippen LogP contribution in [-0.2, 0) is 0 Å². The fourth-order valence-corrected chi connectivity index (χ4v) is 2.57. The van der Waals surface area contributed by atoms with Crippen molar-refractivity contribution in [2.45, 2.75) is 26.4 Å². The standard InChI is InChI=1S/C17H19F2NO/c1-11-9-15(13(3)21)12(2)20(10-16(18)19)17(11)14-7-5-4-6-8-14/h4-9,13,16,21H,2,10H2,1,3H3. The molecule has 112 valence electrons. The highest BCUT2D eigenvalue weighted by molar-refractivity contribution is 5.74. The number of halogens is 2. The van der Waals surface area contributed by atoms with Gasteiger partial charge in [-0.3, -0.25) is 0 Å². The third-order valence-electron chi connectivity index (χ3n) is 3.49. The van der Waals surface area contributed by atoms with Crippen LogP contribution in [0.25, 0.3) is 5.70 Å². The number of hydrogen-bond acceptors (Lipinski definition) is 2. The van der Waals surface area contributed by atoms with Gasteiger partial charge in [-0.05, 0) is 31.1 Å². The predicted molar refractivity (Wildman–Crippen MR) is 80.6 cm³/mol. The smallest absolute Gasteiger partial charge is 0.256 e. The maximum absolute atomic E-state index is 12.9. The van der Waals surface area contributed by atoms with Crippen LogP contribution in [0.5, 0.6) is 0 Å². The summed E-state index contributed by atoms with van der Waals surface area (Å²) in [5.74, 6) is 0. The molecular formula is C17H19F2NO. The molecule has 1 aromatic rings. The van der Waals surface area contributed by atoms with Gasteiger partial charge in [-0.2, -0.15) is 0 Å². The highest BCUT2D eigenvalue weighted by atomic mass is 19.3. The second kappa shape index (κ2) is 6.22. The maximum atomic E-state index is 12.9. The molecule has 1 aromatic carbocycles. The van der Waals surface area contributed by atoms with E-state index in [1.165, 1.54) is 4.90 Å². The average Bonchev–Trinajstić information content (AvgIpc) is 2.43. The normalized spacial score (nSPS) is 17.3. The zero-order valence-corrected chi connectivity index (χ0v) is 12.2. The Morgan fingerprint density at radius 3 is 2.38 bits per heavy atom. The molecule has 1 N–H and O–H groups in total. The average molecular weight is 291 g/mol. The van der Waals surface area contributed by atoms with Crippen LogP contribution in [0.3, 0.4) is 0 Å². The summed E-state index contributed by atoms with van der Waals surface area (Å²) in [6.07, 6.45) is -1.41. The lowest BCUT2D eigenvalue weighted by atomic mass is 9.94. The second-order valence-corrected chi connectivity index (χ2v) is 5.12. The summed E-state index contributed by atoms with van der Waals surface area (Å²) in [5, 5.41) is 9.81. The molecule has 1 aliphatic rings. The van der Waals surface area contributed by atoms with Crippen LogP contribution in [-0.4, -0.2) is 29.1 Å². The van der Waals surface area contributed by atoms with Crippen molar-refractivity contribution in [3.8, 4) is 0 Å². The van der Waals surface area contributed by atoms with E-state index in [2.05, 4.69) is 6.58 Å². The Bertz CT molecular complexity index is 588. The summed E-state index contributed by atoms with van der Waals surface area (Å²) in [6.45, 7) is 6.92. The Morgan fingerprint density at radius 2 is 1.86 bits per heavy atom. The number of aliphatic hydroxyl groups excluding tert-OH is 1. The Hall–Kier alpha value is -1.94. The highest BCUT2D eigenvalue weighted by Gasteiger charge is 2.27. The number of alkyl halides is 2. The van der Waals surface area contributed by atoms with Gasteiger partial charge in [0.2, 0.25) is 0 Å². The van der Waals surface area contributed by atoms with Gasteiger partial charge in [0, 0.05) is 11.3 Å². The van der Waals surface area contributed by atoms with Crippen molar-refractivity contribution < 1.29 is 13.9 Å². The quantitative estimate of drug-likeness (QED) is 0.911. The Balaban J connectivity index is 2.55. The molecule has 2 rings (SSSR count). The van der Waals surface area contributed by atoms with E-state index in [1.54, 1.807) is 6.92 Å². The Labute approximate surface area is 123 Å². The van der Waals surface area contributed by atoms with Crippen LogP contribution in [0.4, 0.5) is 8.78 Å². The van der Waals surface area contributed by atoms with Crippen molar-refractivity contribution in [3.63, 3.8) is 0 Å². The second-order valence-electron chi connectivity index (χ2n) is 5.12. The minimum Gasteiger partial charge on any atom is -0.389 e. The summed E-state index contributed by atoms with van der Waals surface area (Å²) < 4.78 is 25.9. The molecule has 0 saturated heterocycles. The van der Waals surface area contributed by atoms with Crippen molar-refractivity contribution in [3.05, 3.63) is 65.4 Å². The molecule has 1 heterocycles. The highest BCUT2D eigenvalue weighted by Crippen LogP contribution is 2.36. The van der Waals surface area contributed by atoms with Crippen LogP contribution < -0.4 is 0 Å². The van der Waals surface area contributed by atoms with E-state index < -0.39 is 19.1 Å². The first-order chi connectivity index (χ1) is 9.91. The molecule has 0 aliphatic carbocycles. The molecule has 0 fully saturated rings. The monoisotopic (exact) mass is 291 g/mol. The molecule has 1 aliphatic heterocycles. The predicted octanol–water partition coefficient (Wildman–Crippen LogP) is 3.82. The topological polar surface area (TPSA) is 23.5 Å². The van der Waals surface area contributed by atoms with Gasteiger partial charge in [0.25, 0.3) is 6.43 Å². The van der Waals surface area contributed by atoms with Crippen molar-refractivity contribution in [1.29, 1.82) is 0 Å². The third kappa shape index (κ3) is 3.22. The van der Waals surface area contributed by atoms with Gasteiger partial charge in [0.05, 0.1) is 18.3 Å². The van der Waals surface area contributed by atoms with E-state index >= 15 is 0 Å². The van der Waals surface area contributed by atoms with E-state index in [0.29, 0.717) is 17.0 Å². The number of benzene rings is 1. The van der Waals surface area contributed by atoms with Crippen molar-refractivity contribution in [2.24, 2.45) is 0 Å². The van der Waals surface area contributed by atoms with Gasteiger partial charge in [-0.15, -0.1) is 0 Å². The lowest BCUT2D eigenvalue weighted by Gasteiger charge is -2.35. The fourth-order valence-electron chi connectivity index (χ4n) is 2.57. The van der Waals surface area contributed by atoms with E-state index in [9.17, 15) is 13.9 Å². The Kier molecular flexibility index (Phi) is 4.58. The van der Waals surface area contributed by atoms with E-state index in [-0.39, 0.29) is 0 Å². The molecule has 21 heavy (non-hydrogen) atoms. The van der Waals surface area contributed by atoms with Gasteiger partial charge >= 0.3 is 0 Å². The summed E-state index contributed by atoms with van der Waals surface area (Å²) in [5.41, 5.74) is 3.41. The summed E-state index contributed by atoms with van der Waals surface area (Å²) >= 11 is 0. The van der Waals surface area contributed by atoms with Gasteiger partial charge in [0.15, 0.2) is 0 Å². The summed E-state index contributed by atoms with van der Waals surface area (Å²) in [7, 11) is 0. The molecule has 0 bridgehead atoms. The largest absolute Gasteiger partial charge is 0.389 e. The first kappa shape index (κ1) is 15.4. The molecule has 0 radical (unpaired) electrons. The van der Waals surface area contributed by atoms with Gasteiger partial charge in [0.1, 0.15) is 0 Å². The molecule has 0 saturated carbocycles. The molecule has 0 spiro atoms. The molecule has 1 unspecified atom stereocenters. The molecule has 0 aromatic heterocycles. The van der Waals surface area contributed by atoms with E-state index in [4.69, 9.17) is 0 Å². The zero-order chi connectivity index (χ0) is 15.6. The van der Waals surface area contributed by atoms with Gasteiger partial charge in [-0.25, -0.2) is 8.78 Å². The van der Waals surface area contributed by atoms with Crippen LogP contribution in [0.15, 0.2) is 59.8 Å². The number of aliphatic hydroxyl groups is 1. The maximum Gasteiger partial charge on any atom is 0.256 e. The SMILES string of the molecule is C=C1C(C(C)O)=CC(C)=C(c2ccccc2)N1CC(F)F. The lowest BCUT2D eigenvalue weighted by molar-refractivity contribution is 0.121. The van der Waals surface area contributed by atoms with E-state index in [1.807, 2.05) is 43.3 Å². The fraction of sp³-hybridized carbons (Fsp3) is 0.294. The van der Waals surface area contributed by atoms with E-state index in [0.717, 1.165) is 11.1 Å². The third-order valence-corrected chi connectivity index (χ3v) is 3.49. The van der Waals surface area contributed by atoms with Crippen LogP contribution in [0, 0.1) is 0 Å². The molecule has 2 nitrogen and oxygen atoms in total. The molecule has 1 atom stereocenters. The minimum absolute atomic E-state index is 0.426. The van der Waals surface area contributed by atoms with Gasteiger partial charge < -0.3 is 10.0 Å². The molecule has 4 heteroatoms. The van der Waals surface area contributed by atoms with Crippen LogP contribution in [0.2, 0.25) is 0 Å².